The number of ether oxygens (including phenoxy) is 2. The smallest absolute Gasteiger partial charge is 0.292 e. The zero-order valence-corrected chi connectivity index (χ0v) is 25.5. The van der Waals surface area contributed by atoms with E-state index < -0.39 is 40.6 Å². The van der Waals surface area contributed by atoms with E-state index in [0.717, 1.165) is 0 Å². The zero-order chi connectivity index (χ0) is 31.5. The molecule has 1 fully saturated rings. The second-order valence-corrected chi connectivity index (χ2v) is 11.9. The number of methoxy groups -OCH3 is 2. The summed E-state index contributed by atoms with van der Waals surface area (Å²) in [6, 6.07) is 18.2. The number of hydrogen-bond donors (Lipinski definition) is 1. The summed E-state index contributed by atoms with van der Waals surface area (Å²) >= 11 is 6.01. The van der Waals surface area contributed by atoms with Crippen LogP contribution in [0.3, 0.4) is 0 Å². The van der Waals surface area contributed by atoms with E-state index in [-0.39, 0.29) is 24.4 Å². The van der Waals surface area contributed by atoms with E-state index in [4.69, 9.17) is 21.1 Å². The normalized spacial score (nSPS) is 18.5. The van der Waals surface area contributed by atoms with Gasteiger partial charge in [-0.25, -0.2) is 0 Å². The van der Waals surface area contributed by atoms with E-state index in [9.17, 15) is 24.0 Å². The van der Waals surface area contributed by atoms with Gasteiger partial charge < -0.3 is 14.8 Å². The predicted molar refractivity (Wildman–Crippen MR) is 163 cm³/mol. The van der Waals surface area contributed by atoms with Gasteiger partial charge in [0.1, 0.15) is 17.3 Å². The number of carbonyl (C=O) groups excluding carboxylic acids is 5. The van der Waals surface area contributed by atoms with Crippen LogP contribution in [0.4, 0.5) is 5.69 Å². The number of anilines is 1. The second kappa shape index (κ2) is 12.9. The van der Waals surface area contributed by atoms with Crippen LogP contribution in [0.5, 0.6) is 11.5 Å². The molecule has 0 radical (unpaired) electrons. The van der Waals surface area contributed by atoms with Crippen LogP contribution in [0.2, 0.25) is 5.02 Å². The first-order valence-electron chi connectivity index (χ1n) is 13.9. The molecule has 224 valence electrons. The Morgan fingerprint density at radius 1 is 0.930 bits per heavy atom. The minimum Gasteiger partial charge on any atom is -0.497 e. The van der Waals surface area contributed by atoms with Crippen LogP contribution < -0.4 is 14.8 Å². The van der Waals surface area contributed by atoms with E-state index >= 15 is 0 Å². The van der Waals surface area contributed by atoms with Crippen molar-refractivity contribution in [2.24, 2.45) is 17.3 Å². The van der Waals surface area contributed by atoms with Gasteiger partial charge in [-0.1, -0.05) is 37.6 Å². The van der Waals surface area contributed by atoms with Gasteiger partial charge in [0.2, 0.25) is 5.78 Å². The van der Waals surface area contributed by atoms with Crippen LogP contribution in [-0.4, -0.2) is 43.3 Å². The van der Waals surface area contributed by atoms with Gasteiger partial charge >= 0.3 is 0 Å². The third-order valence-corrected chi connectivity index (χ3v) is 8.27. The number of ketones is 4. The van der Waals surface area contributed by atoms with Crippen molar-refractivity contribution in [3.05, 3.63) is 88.4 Å². The lowest BCUT2D eigenvalue weighted by Gasteiger charge is -2.39. The SMILES string of the molecule is COc1ccc(C(=O)[C@@H](C[C@H]2C(=O)CC(C)(C)[C@@H](C(=O)C(=O)Nc3ccc(Cl)cc3C)C2=O)c2ccc(OC)cc2)cc1. The number of hydrogen-bond acceptors (Lipinski definition) is 7. The number of Topliss-reactive ketones (excluding diaryl/α,β-unsaturated/α-hetero) is 4. The fourth-order valence-corrected chi connectivity index (χ4v) is 5.88. The number of amides is 1. The van der Waals surface area contributed by atoms with Crippen LogP contribution in [0.15, 0.2) is 66.7 Å². The van der Waals surface area contributed by atoms with Gasteiger partial charge in [-0.2, -0.15) is 0 Å². The molecule has 3 atom stereocenters. The number of carbonyl (C=O) groups is 5. The van der Waals surface area contributed by atoms with Crippen LogP contribution >= 0.6 is 11.6 Å². The molecule has 0 aromatic heterocycles. The number of aryl methyl sites for hydroxylation is 1. The number of halogens is 1. The van der Waals surface area contributed by atoms with Gasteiger partial charge in [-0.15, -0.1) is 0 Å². The molecule has 0 unspecified atom stereocenters. The van der Waals surface area contributed by atoms with Crippen LogP contribution in [0.1, 0.15) is 54.1 Å². The van der Waals surface area contributed by atoms with Crippen LogP contribution in [0.25, 0.3) is 0 Å². The molecule has 43 heavy (non-hydrogen) atoms. The van der Waals surface area contributed by atoms with Crippen molar-refractivity contribution < 1.29 is 33.4 Å². The molecule has 9 heteroatoms. The molecule has 0 aliphatic heterocycles. The molecule has 3 aromatic rings. The summed E-state index contributed by atoms with van der Waals surface area (Å²) < 4.78 is 10.5. The van der Waals surface area contributed by atoms with Gasteiger partial charge in [0.05, 0.1) is 26.1 Å². The molecule has 1 N–H and O–H groups in total. The maximum absolute atomic E-state index is 14.0. The van der Waals surface area contributed by atoms with Crippen LogP contribution in [-0.2, 0) is 19.2 Å². The molecular formula is C34H34ClNO7. The highest BCUT2D eigenvalue weighted by Gasteiger charge is 2.53. The Morgan fingerprint density at radius 3 is 2.07 bits per heavy atom. The third kappa shape index (κ3) is 6.86. The van der Waals surface area contributed by atoms with Crippen molar-refractivity contribution in [3.8, 4) is 11.5 Å². The van der Waals surface area contributed by atoms with E-state index in [1.54, 1.807) is 87.5 Å². The van der Waals surface area contributed by atoms with Gasteiger partial charge in [0.25, 0.3) is 5.91 Å². The van der Waals surface area contributed by atoms with E-state index in [2.05, 4.69) is 5.32 Å². The second-order valence-electron chi connectivity index (χ2n) is 11.5. The summed E-state index contributed by atoms with van der Waals surface area (Å²) in [7, 11) is 3.05. The minimum absolute atomic E-state index is 0.0981. The Hall–Kier alpha value is -4.30. The summed E-state index contributed by atoms with van der Waals surface area (Å²) in [5.41, 5.74) is 0.911. The highest BCUT2D eigenvalue weighted by Crippen LogP contribution is 2.43. The first-order valence-corrected chi connectivity index (χ1v) is 14.2. The predicted octanol–water partition coefficient (Wildman–Crippen LogP) is 6.03. The molecule has 1 amide bonds. The summed E-state index contributed by atoms with van der Waals surface area (Å²) in [5, 5.41) is 3.06. The fourth-order valence-electron chi connectivity index (χ4n) is 5.66. The molecule has 1 saturated carbocycles. The Balaban J connectivity index is 1.65. The lowest BCUT2D eigenvalue weighted by molar-refractivity contribution is -0.153. The summed E-state index contributed by atoms with van der Waals surface area (Å²) in [6.45, 7) is 4.99. The third-order valence-electron chi connectivity index (χ3n) is 8.03. The molecule has 1 aliphatic rings. The number of rotatable bonds is 10. The first-order chi connectivity index (χ1) is 20.4. The molecule has 1 aliphatic carbocycles. The largest absolute Gasteiger partial charge is 0.497 e. The lowest BCUT2D eigenvalue weighted by Crippen LogP contribution is -2.52. The molecule has 0 heterocycles. The van der Waals surface area contributed by atoms with Crippen molar-refractivity contribution in [2.75, 3.05) is 19.5 Å². The van der Waals surface area contributed by atoms with E-state index in [1.165, 1.54) is 14.2 Å². The van der Waals surface area contributed by atoms with Gasteiger partial charge in [-0.3, -0.25) is 24.0 Å². The van der Waals surface area contributed by atoms with E-state index in [0.29, 0.717) is 38.9 Å². The van der Waals surface area contributed by atoms with Crippen molar-refractivity contribution in [1.82, 2.24) is 0 Å². The zero-order valence-electron chi connectivity index (χ0n) is 24.7. The average Bonchev–Trinajstić information content (AvgIpc) is 2.97. The summed E-state index contributed by atoms with van der Waals surface area (Å²) in [4.78, 5) is 67.9. The quantitative estimate of drug-likeness (QED) is 0.171. The molecule has 3 aromatic carbocycles. The minimum atomic E-state index is -1.37. The van der Waals surface area contributed by atoms with Gasteiger partial charge in [0.15, 0.2) is 11.6 Å². The van der Waals surface area contributed by atoms with Crippen molar-refractivity contribution in [3.63, 3.8) is 0 Å². The topological polar surface area (TPSA) is 116 Å². The average molecular weight is 604 g/mol. The maximum atomic E-state index is 14.0. The Kier molecular flexibility index (Phi) is 9.50. The van der Waals surface area contributed by atoms with Crippen molar-refractivity contribution in [2.45, 2.75) is 39.5 Å². The first kappa shape index (κ1) is 31.6. The number of nitrogens with one attached hydrogen (secondary N) is 1. The molecular weight excluding hydrogens is 570 g/mol. The summed E-state index contributed by atoms with van der Waals surface area (Å²) in [5.74, 6) is -5.53. The maximum Gasteiger partial charge on any atom is 0.292 e. The molecule has 4 rings (SSSR count). The van der Waals surface area contributed by atoms with Crippen LogP contribution in [0, 0.1) is 24.2 Å². The highest BCUT2D eigenvalue weighted by atomic mass is 35.5. The Morgan fingerprint density at radius 2 is 1.51 bits per heavy atom. The Bertz CT molecular complexity index is 1560. The highest BCUT2D eigenvalue weighted by molar-refractivity contribution is 6.45. The monoisotopic (exact) mass is 603 g/mol. The summed E-state index contributed by atoms with van der Waals surface area (Å²) in [6.07, 6.45) is -0.244. The number of benzene rings is 3. The standard InChI is InChI=1S/C34H34ClNO7/c1-19-16-22(35)10-15-27(19)36-33(41)32(40)29-31(39)26(28(37)18-34(29,2)3)17-25(20-6-11-23(42-4)12-7-20)30(38)21-8-13-24(43-5)14-9-21/h6-16,25-26,29H,17-18H2,1-5H3,(H,36,41)/t25-,26-,29+/m0/s1. The van der Waals surface area contributed by atoms with E-state index in [1.807, 2.05) is 0 Å². The van der Waals surface area contributed by atoms with Gasteiger partial charge in [-0.05, 0) is 84.5 Å². The van der Waals surface area contributed by atoms with Crippen molar-refractivity contribution in [1.29, 1.82) is 0 Å². The molecule has 8 nitrogen and oxygen atoms in total. The van der Waals surface area contributed by atoms with Gasteiger partial charge in [0, 0.05) is 28.6 Å². The van der Waals surface area contributed by atoms with Crippen molar-refractivity contribution >= 4 is 46.3 Å². The molecule has 0 bridgehead atoms. The molecule has 0 spiro atoms. The lowest BCUT2D eigenvalue weighted by atomic mass is 9.60. The fraction of sp³-hybridized carbons (Fsp3) is 0.324. The Labute approximate surface area is 255 Å². The molecule has 0 saturated heterocycles.